The van der Waals surface area contributed by atoms with Crippen LogP contribution in [0, 0.1) is 5.92 Å². The molecule has 2 fully saturated rings. The standard InChI is InChI=1S/C10H16F3NO2/c11-10(12,13)8(15)5-14-7-3-4-16-9(7)6-1-2-6/h6-9,14-15H,1-5H2. The Morgan fingerprint density at radius 2 is 2.00 bits per heavy atom. The average Bonchev–Trinajstić information content (AvgIpc) is 2.93. The predicted molar refractivity (Wildman–Crippen MR) is 50.9 cm³/mol. The maximum atomic E-state index is 12.1. The highest BCUT2D eigenvalue weighted by Gasteiger charge is 2.42. The Hall–Kier alpha value is -0.330. The van der Waals surface area contributed by atoms with E-state index < -0.39 is 18.8 Å². The van der Waals surface area contributed by atoms with Crippen molar-refractivity contribution in [2.24, 2.45) is 5.92 Å². The molecule has 0 aromatic heterocycles. The van der Waals surface area contributed by atoms with Gasteiger partial charge in [-0.2, -0.15) is 13.2 Å². The number of ether oxygens (including phenoxy) is 1. The summed E-state index contributed by atoms with van der Waals surface area (Å²) in [6.45, 7) is 0.154. The van der Waals surface area contributed by atoms with Gasteiger partial charge in [0.15, 0.2) is 6.10 Å². The van der Waals surface area contributed by atoms with E-state index in [2.05, 4.69) is 5.32 Å². The molecule has 0 bridgehead atoms. The van der Waals surface area contributed by atoms with Gasteiger partial charge in [-0.15, -0.1) is 0 Å². The Bertz CT molecular complexity index is 243. The van der Waals surface area contributed by atoms with Gasteiger partial charge in [0.2, 0.25) is 0 Å². The van der Waals surface area contributed by atoms with Crippen LogP contribution < -0.4 is 5.32 Å². The maximum absolute atomic E-state index is 12.1. The van der Waals surface area contributed by atoms with Crippen LogP contribution >= 0.6 is 0 Å². The van der Waals surface area contributed by atoms with Gasteiger partial charge in [-0.25, -0.2) is 0 Å². The highest BCUT2D eigenvalue weighted by Crippen LogP contribution is 2.38. The summed E-state index contributed by atoms with van der Waals surface area (Å²) in [5.74, 6) is 0.503. The third kappa shape index (κ3) is 2.87. The van der Waals surface area contributed by atoms with Crippen molar-refractivity contribution >= 4 is 0 Å². The summed E-state index contributed by atoms with van der Waals surface area (Å²) >= 11 is 0. The molecule has 1 heterocycles. The van der Waals surface area contributed by atoms with Crippen molar-refractivity contribution in [3.8, 4) is 0 Å². The van der Waals surface area contributed by atoms with E-state index in [1.807, 2.05) is 0 Å². The van der Waals surface area contributed by atoms with Crippen molar-refractivity contribution in [3.05, 3.63) is 0 Å². The van der Waals surface area contributed by atoms with E-state index in [0.717, 1.165) is 19.3 Å². The van der Waals surface area contributed by atoms with Crippen molar-refractivity contribution in [2.45, 2.75) is 43.7 Å². The summed E-state index contributed by atoms with van der Waals surface area (Å²) in [5.41, 5.74) is 0. The molecule has 1 aliphatic carbocycles. The number of hydrogen-bond acceptors (Lipinski definition) is 3. The smallest absolute Gasteiger partial charge is 0.382 e. The number of halogens is 3. The topological polar surface area (TPSA) is 41.5 Å². The molecule has 0 amide bonds. The molecule has 2 aliphatic rings. The second-order valence-electron chi connectivity index (χ2n) is 4.53. The van der Waals surface area contributed by atoms with Crippen molar-refractivity contribution < 1.29 is 23.0 Å². The largest absolute Gasteiger partial charge is 0.415 e. The lowest BCUT2D eigenvalue weighted by Gasteiger charge is -2.22. The molecule has 94 valence electrons. The Morgan fingerprint density at radius 1 is 1.31 bits per heavy atom. The van der Waals surface area contributed by atoms with Crippen molar-refractivity contribution in [2.75, 3.05) is 13.2 Å². The lowest BCUT2D eigenvalue weighted by molar-refractivity contribution is -0.202. The van der Waals surface area contributed by atoms with E-state index >= 15 is 0 Å². The summed E-state index contributed by atoms with van der Waals surface area (Å²) in [5, 5.41) is 11.6. The van der Waals surface area contributed by atoms with Crippen molar-refractivity contribution in [1.29, 1.82) is 0 Å². The van der Waals surface area contributed by atoms with Gasteiger partial charge in [0.1, 0.15) is 0 Å². The maximum Gasteiger partial charge on any atom is 0.415 e. The zero-order valence-corrected chi connectivity index (χ0v) is 8.83. The van der Waals surface area contributed by atoms with Crippen molar-refractivity contribution in [1.82, 2.24) is 5.32 Å². The molecule has 0 radical (unpaired) electrons. The lowest BCUT2D eigenvalue weighted by Crippen LogP contribution is -2.45. The van der Waals surface area contributed by atoms with Gasteiger partial charge in [0.05, 0.1) is 6.10 Å². The first-order chi connectivity index (χ1) is 7.48. The normalized spacial score (nSPS) is 33.0. The molecule has 3 nitrogen and oxygen atoms in total. The quantitative estimate of drug-likeness (QED) is 0.771. The van der Waals surface area contributed by atoms with Gasteiger partial charge in [-0.3, -0.25) is 0 Å². The fraction of sp³-hybridized carbons (Fsp3) is 1.00. The molecule has 1 saturated heterocycles. The molecular formula is C10H16F3NO2. The van der Waals surface area contributed by atoms with Crippen molar-refractivity contribution in [3.63, 3.8) is 0 Å². The van der Waals surface area contributed by atoms with E-state index in [0.29, 0.717) is 12.5 Å². The Labute approximate surface area is 92.0 Å². The van der Waals surface area contributed by atoms with Crippen LogP contribution in [0.5, 0.6) is 0 Å². The molecular weight excluding hydrogens is 223 g/mol. The minimum Gasteiger partial charge on any atom is -0.382 e. The van der Waals surface area contributed by atoms with Gasteiger partial charge in [-0.05, 0) is 25.2 Å². The van der Waals surface area contributed by atoms with Crippen LogP contribution in [-0.4, -0.2) is 42.7 Å². The SMILES string of the molecule is OC(CNC1CCOC1C1CC1)C(F)(F)F. The predicted octanol–water partition coefficient (Wildman–Crippen LogP) is 1.07. The number of aliphatic hydroxyl groups excluding tert-OH is 1. The molecule has 2 rings (SSSR count). The van der Waals surface area contributed by atoms with Gasteiger partial charge in [0.25, 0.3) is 0 Å². The number of aliphatic hydroxyl groups is 1. The zero-order chi connectivity index (χ0) is 11.8. The number of alkyl halides is 3. The van der Waals surface area contributed by atoms with E-state index in [1.54, 1.807) is 0 Å². The van der Waals surface area contributed by atoms with Gasteiger partial charge in [0, 0.05) is 19.2 Å². The molecule has 3 unspecified atom stereocenters. The van der Waals surface area contributed by atoms with Gasteiger partial charge < -0.3 is 15.2 Å². The summed E-state index contributed by atoms with van der Waals surface area (Å²) in [4.78, 5) is 0. The molecule has 2 N–H and O–H groups in total. The van der Waals surface area contributed by atoms with Crippen LogP contribution in [0.2, 0.25) is 0 Å². The van der Waals surface area contributed by atoms with E-state index in [1.165, 1.54) is 0 Å². The van der Waals surface area contributed by atoms with Crippen LogP contribution in [0.3, 0.4) is 0 Å². The first kappa shape index (κ1) is 12.1. The first-order valence-corrected chi connectivity index (χ1v) is 5.58. The van der Waals surface area contributed by atoms with E-state index in [-0.39, 0.29) is 12.1 Å². The molecule has 3 atom stereocenters. The highest BCUT2D eigenvalue weighted by molar-refractivity contribution is 4.93. The second kappa shape index (κ2) is 4.50. The lowest BCUT2D eigenvalue weighted by atomic mass is 10.1. The molecule has 1 aliphatic heterocycles. The number of hydrogen-bond donors (Lipinski definition) is 2. The average molecular weight is 239 g/mol. The molecule has 1 saturated carbocycles. The number of nitrogens with one attached hydrogen (secondary N) is 1. The summed E-state index contributed by atoms with van der Waals surface area (Å²) in [7, 11) is 0. The van der Waals surface area contributed by atoms with E-state index in [9.17, 15) is 13.2 Å². The molecule has 0 aromatic rings. The first-order valence-electron chi connectivity index (χ1n) is 5.58. The van der Waals surface area contributed by atoms with Crippen LogP contribution in [-0.2, 0) is 4.74 Å². The zero-order valence-electron chi connectivity index (χ0n) is 8.83. The Morgan fingerprint density at radius 3 is 2.56 bits per heavy atom. The Balaban J connectivity index is 1.76. The van der Waals surface area contributed by atoms with Crippen LogP contribution in [0.1, 0.15) is 19.3 Å². The van der Waals surface area contributed by atoms with Crippen LogP contribution in [0.25, 0.3) is 0 Å². The molecule has 0 spiro atoms. The fourth-order valence-corrected chi connectivity index (χ4v) is 2.10. The van der Waals surface area contributed by atoms with Gasteiger partial charge >= 0.3 is 6.18 Å². The highest BCUT2D eigenvalue weighted by atomic mass is 19.4. The van der Waals surface area contributed by atoms with E-state index in [4.69, 9.17) is 9.84 Å². The summed E-state index contributed by atoms with van der Waals surface area (Å²) < 4.78 is 41.7. The third-order valence-electron chi connectivity index (χ3n) is 3.17. The molecule has 6 heteroatoms. The second-order valence-corrected chi connectivity index (χ2v) is 4.53. The monoisotopic (exact) mass is 239 g/mol. The molecule has 0 aromatic carbocycles. The van der Waals surface area contributed by atoms with Crippen LogP contribution in [0.4, 0.5) is 13.2 Å². The van der Waals surface area contributed by atoms with Gasteiger partial charge in [-0.1, -0.05) is 0 Å². The third-order valence-corrected chi connectivity index (χ3v) is 3.17. The minimum absolute atomic E-state index is 0.0375. The fourth-order valence-electron chi connectivity index (χ4n) is 2.10. The van der Waals surface area contributed by atoms with Crippen LogP contribution in [0.15, 0.2) is 0 Å². The Kier molecular flexibility index (Phi) is 3.42. The summed E-state index contributed by atoms with van der Waals surface area (Å²) in [6, 6.07) is -0.0375. The number of rotatable bonds is 4. The molecule has 16 heavy (non-hydrogen) atoms. The minimum atomic E-state index is -4.54. The summed E-state index contributed by atoms with van der Waals surface area (Å²) in [6.07, 6.45) is -3.85.